The van der Waals surface area contributed by atoms with Gasteiger partial charge in [-0.3, -0.25) is 0 Å². The quantitative estimate of drug-likeness (QED) is 0.770. The van der Waals surface area contributed by atoms with Gasteiger partial charge < -0.3 is 19.7 Å². The molecule has 2 N–H and O–H groups in total. The number of hydrogen-bond acceptors (Lipinski definition) is 4. The molecule has 0 amide bonds. The molecule has 0 aliphatic heterocycles. The van der Waals surface area contributed by atoms with Crippen LogP contribution in [0.15, 0.2) is 18.2 Å². The number of carboxylic acid groups (broad SMARTS) is 1. The van der Waals surface area contributed by atoms with Gasteiger partial charge in [0.2, 0.25) is 0 Å². The Morgan fingerprint density at radius 1 is 1.39 bits per heavy atom. The van der Waals surface area contributed by atoms with E-state index in [0.717, 1.165) is 5.56 Å². The summed E-state index contributed by atoms with van der Waals surface area (Å²) in [6.45, 7) is 4.36. The zero-order valence-corrected chi connectivity index (χ0v) is 10.5. The molecule has 5 heteroatoms. The first-order valence-electron chi connectivity index (χ1n) is 5.77. The Morgan fingerprint density at radius 2 is 2.11 bits per heavy atom. The first-order valence-corrected chi connectivity index (χ1v) is 5.77. The molecule has 0 fully saturated rings. The topological polar surface area (TPSA) is 76.0 Å². The van der Waals surface area contributed by atoms with Crippen LogP contribution in [0.4, 0.5) is 0 Å². The number of carbonyl (C=O) groups is 1. The molecule has 1 aromatic rings. The second-order valence-corrected chi connectivity index (χ2v) is 3.93. The highest BCUT2D eigenvalue weighted by atomic mass is 16.5. The van der Waals surface area contributed by atoms with E-state index >= 15 is 0 Å². The summed E-state index contributed by atoms with van der Waals surface area (Å²) in [6.07, 6.45) is -0.771. The van der Waals surface area contributed by atoms with Crippen molar-refractivity contribution in [3.05, 3.63) is 29.3 Å². The molecule has 1 rings (SSSR count). The molecule has 0 saturated heterocycles. The van der Waals surface area contributed by atoms with E-state index in [1.54, 1.807) is 12.1 Å². The summed E-state index contributed by atoms with van der Waals surface area (Å²) in [5.74, 6) is -0.789. The van der Waals surface area contributed by atoms with Crippen molar-refractivity contribution in [2.45, 2.75) is 20.0 Å². The predicted molar refractivity (Wildman–Crippen MR) is 66.1 cm³/mol. The second kappa shape index (κ2) is 6.98. The molecule has 1 aromatic carbocycles. The van der Waals surface area contributed by atoms with Gasteiger partial charge in [-0.1, -0.05) is 6.07 Å². The van der Waals surface area contributed by atoms with Crippen molar-refractivity contribution in [1.82, 2.24) is 0 Å². The SMILES string of the molecule is CCOCC(O)COc1cc(C)ccc1C(=O)O. The molecule has 100 valence electrons. The predicted octanol–water partition coefficient (Wildman–Crippen LogP) is 1.47. The number of carboxylic acids is 1. The number of rotatable bonds is 7. The van der Waals surface area contributed by atoms with Crippen LogP contribution < -0.4 is 4.74 Å². The molecular weight excluding hydrogens is 236 g/mol. The lowest BCUT2D eigenvalue weighted by atomic mass is 10.1. The molecule has 0 saturated carbocycles. The van der Waals surface area contributed by atoms with Crippen LogP contribution in [-0.2, 0) is 4.74 Å². The summed E-state index contributed by atoms with van der Waals surface area (Å²) in [5, 5.41) is 18.5. The average molecular weight is 254 g/mol. The molecule has 1 unspecified atom stereocenters. The number of aliphatic hydroxyl groups excluding tert-OH is 1. The first kappa shape index (κ1) is 14.5. The third-order valence-electron chi connectivity index (χ3n) is 2.31. The van der Waals surface area contributed by atoms with Gasteiger partial charge in [0.25, 0.3) is 0 Å². The van der Waals surface area contributed by atoms with E-state index in [1.807, 2.05) is 13.8 Å². The van der Waals surface area contributed by atoms with Crippen LogP contribution in [-0.4, -0.2) is 42.1 Å². The highest BCUT2D eigenvalue weighted by Gasteiger charge is 2.13. The van der Waals surface area contributed by atoms with Crippen molar-refractivity contribution in [3.8, 4) is 5.75 Å². The number of ether oxygens (including phenoxy) is 2. The average Bonchev–Trinajstić information content (AvgIpc) is 2.33. The number of aryl methyl sites for hydroxylation is 1. The molecule has 5 nitrogen and oxygen atoms in total. The monoisotopic (exact) mass is 254 g/mol. The Hall–Kier alpha value is -1.59. The van der Waals surface area contributed by atoms with Gasteiger partial charge in [-0.2, -0.15) is 0 Å². The molecule has 0 aromatic heterocycles. The fourth-order valence-corrected chi connectivity index (χ4v) is 1.41. The minimum Gasteiger partial charge on any atom is -0.490 e. The fraction of sp³-hybridized carbons (Fsp3) is 0.462. The minimum atomic E-state index is -1.05. The van der Waals surface area contributed by atoms with Gasteiger partial charge in [0.05, 0.1) is 6.61 Å². The van der Waals surface area contributed by atoms with Crippen molar-refractivity contribution >= 4 is 5.97 Å². The summed E-state index contributed by atoms with van der Waals surface area (Å²) in [6, 6.07) is 4.83. The highest BCUT2D eigenvalue weighted by Crippen LogP contribution is 2.20. The first-order chi connectivity index (χ1) is 8.54. The fourth-order valence-electron chi connectivity index (χ4n) is 1.41. The Bertz CT molecular complexity index is 402. The van der Waals surface area contributed by atoms with Crippen LogP contribution in [0.3, 0.4) is 0 Å². The standard InChI is InChI=1S/C13H18O5/c1-3-17-7-10(14)8-18-12-6-9(2)4-5-11(12)13(15)16/h4-6,10,14H,3,7-8H2,1-2H3,(H,15,16). The van der Waals surface area contributed by atoms with E-state index in [-0.39, 0.29) is 24.5 Å². The van der Waals surface area contributed by atoms with Gasteiger partial charge in [-0.05, 0) is 31.5 Å². The van der Waals surface area contributed by atoms with E-state index in [2.05, 4.69) is 0 Å². The molecule has 0 spiro atoms. The van der Waals surface area contributed by atoms with Gasteiger partial charge in [-0.25, -0.2) is 4.79 Å². The van der Waals surface area contributed by atoms with E-state index in [1.165, 1.54) is 6.07 Å². The minimum absolute atomic E-state index is 0.00370. The van der Waals surface area contributed by atoms with Crippen LogP contribution in [0.25, 0.3) is 0 Å². The van der Waals surface area contributed by atoms with Crippen molar-refractivity contribution in [2.24, 2.45) is 0 Å². The summed E-state index contributed by atoms with van der Waals surface area (Å²) in [5.41, 5.74) is 0.985. The van der Waals surface area contributed by atoms with Gasteiger partial charge in [0.1, 0.15) is 24.0 Å². The van der Waals surface area contributed by atoms with Gasteiger partial charge >= 0.3 is 5.97 Å². The van der Waals surface area contributed by atoms with E-state index in [9.17, 15) is 9.90 Å². The van der Waals surface area contributed by atoms with Crippen molar-refractivity contribution in [1.29, 1.82) is 0 Å². The van der Waals surface area contributed by atoms with Gasteiger partial charge in [0, 0.05) is 6.61 Å². The molecular formula is C13H18O5. The molecule has 1 atom stereocenters. The third kappa shape index (κ3) is 4.35. The second-order valence-electron chi connectivity index (χ2n) is 3.93. The molecule has 0 radical (unpaired) electrons. The number of benzene rings is 1. The van der Waals surface area contributed by atoms with Crippen molar-refractivity contribution in [2.75, 3.05) is 19.8 Å². The van der Waals surface area contributed by atoms with Crippen LogP contribution in [0.2, 0.25) is 0 Å². The number of aromatic carboxylic acids is 1. The smallest absolute Gasteiger partial charge is 0.339 e. The lowest BCUT2D eigenvalue weighted by molar-refractivity contribution is 0.0160. The van der Waals surface area contributed by atoms with E-state index < -0.39 is 12.1 Å². The van der Waals surface area contributed by atoms with Crippen LogP contribution in [0.5, 0.6) is 5.75 Å². The van der Waals surface area contributed by atoms with Gasteiger partial charge in [-0.15, -0.1) is 0 Å². The summed E-state index contributed by atoms with van der Waals surface area (Å²) < 4.78 is 10.4. The summed E-state index contributed by atoms with van der Waals surface area (Å²) in [4.78, 5) is 11.0. The Morgan fingerprint density at radius 3 is 2.72 bits per heavy atom. The third-order valence-corrected chi connectivity index (χ3v) is 2.31. The van der Waals surface area contributed by atoms with E-state index in [0.29, 0.717) is 6.61 Å². The highest BCUT2D eigenvalue weighted by molar-refractivity contribution is 5.90. The molecule has 0 aliphatic carbocycles. The zero-order valence-electron chi connectivity index (χ0n) is 10.5. The maximum absolute atomic E-state index is 11.0. The number of hydrogen-bond donors (Lipinski definition) is 2. The normalized spacial score (nSPS) is 12.2. The Balaban J connectivity index is 2.65. The van der Waals surface area contributed by atoms with Crippen LogP contribution in [0.1, 0.15) is 22.8 Å². The lowest BCUT2D eigenvalue weighted by Crippen LogP contribution is -2.24. The summed E-state index contributed by atoms with van der Waals surface area (Å²) in [7, 11) is 0. The van der Waals surface area contributed by atoms with Gasteiger partial charge in [0.15, 0.2) is 0 Å². The van der Waals surface area contributed by atoms with Crippen molar-refractivity contribution in [3.63, 3.8) is 0 Å². The zero-order chi connectivity index (χ0) is 13.5. The number of aliphatic hydroxyl groups is 1. The molecule has 0 heterocycles. The van der Waals surface area contributed by atoms with Crippen molar-refractivity contribution < 1.29 is 24.5 Å². The van der Waals surface area contributed by atoms with E-state index in [4.69, 9.17) is 14.6 Å². The lowest BCUT2D eigenvalue weighted by Gasteiger charge is -2.14. The maximum Gasteiger partial charge on any atom is 0.339 e. The molecule has 0 aliphatic rings. The molecule has 0 bridgehead atoms. The molecule has 18 heavy (non-hydrogen) atoms. The maximum atomic E-state index is 11.0. The Labute approximate surface area is 106 Å². The van der Waals surface area contributed by atoms with Crippen LogP contribution >= 0.6 is 0 Å². The Kier molecular flexibility index (Phi) is 5.61. The van der Waals surface area contributed by atoms with Crippen LogP contribution in [0, 0.1) is 6.92 Å². The largest absolute Gasteiger partial charge is 0.490 e. The summed E-state index contributed by atoms with van der Waals surface area (Å²) >= 11 is 0.